The minimum atomic E-state index is -0.226. The molecule has 0 saturated heterocycles. The minimum Gasteiger partial charge on any atom is -0.497 e. The number of thiophene rings is 1. The Labute approximate surface area is 150 Å². The van der Waals surface area contributed by atoms with E-state index < -0.39 is 0 Å². The first kappa shape index (κ1) is 15.7. The smallest absolute Gasteiger partial charge is 0.262 e. The molecule has 0 fully saturated rings. The van der Waals surface area contributed by atoms with Gasteiger partial charge in [-0.15, -0.1) is 11.3 Å². The number of carbonyl (C=O) groups is 1. The zero-order chi connectivity index (χ0) is 17.4. The highest BCUT2D eigenvalue weighted by Crippen LogP contribution is 2.39. The molecule has 0 bridgehead atoms. The first-order valence-corrected chi connectivity index (χ1v) is 8.94. The largest absolute Gasteiger partial charge is 0.497 e. The van der Waals surface area contributed by atoms with Gasteiger partial charge in [0.05, 0.1) is 17.6 Å². The van der Waals surface area contributed by atoms with Crippen molar-refractivity contribution in [1.82, 2.24) is 0 Å². The third-order valence-electron chi connectivity index (χ3n) is 4.43. The fourth-order valence-electron chi connectivity index (χ4n) is 3.11. The van der Waals surface area contributed by atoms with Crippen LogP contribution in [0.15, 0.2) is 60.0 Å². The number of fused-ring (bicyclic) bond motifs is 1. The van der Waals surface area contributed by atoms with Crippen LogP contribution in [0.1, 0.15) is 27.0 Å². The standard InChI is InChI=1S/C20H18N2O2S/c1-13-11-12-25-18(13)19-21-17-6-4-3-5-16(17)20(23)22(19)14-7-9-15(24-2)10-8-14/h3-12,19,21H,1-2H3/t19-/m0/s1. The summed E-state index contributed by atoms with van der Waals surface area (Å²) in [4.78, 5) is 16.2. The molecule has 4 rings (SSSR count). The van der Waals surface area contributed by atoms with Gasteiger partial charge in [-0.25, -0.2) is 0 Å². The molecule has 1 aliphatic heterocycles. The van der Waals surface area contributed by atoms with Crippen LogP contribution in [-0.4, -0.2) is 13.0 Å². The molecule has 5 heteroatoms. The number of anilines is 2. The zero-order valence-corrected chi connectivity index (χ0v) is 14.8. The Morgan fingerprint density at radius 2 is 1.84 bits per heavy atom. The number of nitrogens with one attached hydrogen (secondary N) is 1. The van der Waals surface area contributed by atoms with Gasteiger partial charge in [0.2, 0.25) is 0 Å². The number of aryl methyl sites for hydroxylation is 1. The lowest BCUT2D eigenvalue weighted by molar-refractivity contribution is 0.0975. The van der Waals surface area contributed by atoms with Crippen molar-refractivity contribution >= 4 is 28.6 Å². The van der Waals surface area contributed by atoms with Crippen LogP contribution in [0.5, 0.6) is 5.75 Å². The van der Waals surface area contributed by atoms with Gasteiger partial charge in [-0.1, -0.05) is 12.1 Å². The number of methoxy groups -OCH3 is 1. The molecule has 0 aliphatic carbocycles. The molecule has 0 saturated carbocycles. The van der Waals surface area contributed by atoms with E-state index in [2.05, 4.69) is 23.7 Å². The quantitative estimate of drug-likeness (QED) is 0.735. The van der Waals surface area contributed by atoms with Gasteiger partial charge in [0, 0.05) is 11.4 Å². The van der Waals surface area contributed by atoms with E-state index in [1.807, 2.05) is 53.4 Å². The summed E-state index contributed by atoms with van der Waals surface area (Å²) in [6.07, 6.45) is -0.226. The van der Waals surface area contributed by atoms with Gasteiger partial charge in [-0.2, -0.15) is 0 Å². The van der Waals surface area contributed by atoms with Crippen LogP contribution >= 0.6 is 11.3 Å². The van der Waals surface area contributed by atoms with Crippen molar-refractivity contribution in [2.45, 2.75) is 13.1 Å². The van der Waals surface area contributed by atoms with Crippen LogP contribution in [0.3, 0.4) is 0 Å². The number of ether oxygens (including phenoxy) is 1. The van der Waals surface area contributed by atoms with E-state index in [-0.39, 0.29) is 12.1 Å². The van der Waals surface area contributed by atoms with Crippen molar-refractivity contribution in [1.29, 1.82) is 0 Å². The fraction of sp³-hybridized carbons (Fsp3) is 0.150. The number of amides is 1. The van der Waals surface area contributed by atoms with Crippen LogP contribution in [0.2, 0.25) is 0 Å². The molecule has 0 unspecified atom stereocenters. The van der Waals surface area contributed by atoms with Crippen LogP contribution in [0, 0.1) is 6.92 Å². The van der Waals surface area contributed by atoms with Gasteiger partial charge in [0.1, 0.15) is 11.9 Å². The van der Waals surface area contributed by atoms with Crippen molar-refractivity contribution in [3.8, 4) is 5.75 Å². The van der Waals surface area contributed by atoms with E-state index in [1.165, 1.54) is 5.56 Å². The number of hydrogen-bond donors (Lipinski definition) is 1. The summed E-state index contributed by atoms with van der Waals surface area (Å²) in [5.41, 5.74) is 3.57. The Kier molecular flexibility index (Phi) is 3.93. The third-order valence-corrected chi connectivity index (χ3v) is 5.50. The number of carbonyl (C=O) groups excluding carboxylic acids is 1. The number of benzene rings is 2. The molecule has 2 heterocycles. The number of hydrogen-bond acceptors (Lipinski definition) is 4. The van der Waals surface area contributed by atoms with Crippen LogP contribution < -0.4 is 15.0 Å². The lowest BCUT2D eigenvalue weighted by Gasteiger charge is -2.37. The average Bonchev–Trinajstić information content (AvgIpc) is 3.08. The summed E-state index contributed by atoms with van der Waals surface area (Å²) < 4.78 is 5.24. The second kappa shape index (κ2) is 6.26. The highest BCUT2D eigenvalue weighted by Gasteiger charge is 2.35. The molecule has 3 aromatic rings. The second-order valence-electron chi connectivity index (χ2n) is 5.93. The Bertz CT molecular complexity index is 917. The Hall–Kier alpha value is -2.79. The van der Waals surface area contributed by atoms with Gasteiger partial charge >= 0.3 is 0 Å². The third kappa shape index (κ3) is 2.66. The topological polar surface area (TPSA) is 41.6 Å². The Morgan fingerprint density at radius 3 is 2.52 bits per heavy atom. The van der Waals surface area contributed by atoms with E-state index in [4.69, 9.17) is 4.74 Å². The van der Waals surface area contributed by atoms with Crippen LogP contribution in [0.25, 0.3) is 0 Å². The number of para-hydroxylation sites is 1. The molecule has 126 valence electrons. The zero-order valence-electron chi connectivity index (χ0n) is 14.0. The molecule has 25 heavy (non-hydrogen) atoms. The molecule has 0 spiro atoms. The average molecular weight is 350 g/mol. The summed E-state index contributed by atoms with van der Waals surface area (Å²) in [7, 11) is 1.64. The summed E-state index contributed by atoms with van der Waals surface area (Å²) >= 11 is 1.66. The molecule has 1 N–H and O–H groups in total. The SMILES string of the molecule is COc1ccc(N2C(=O)c3ccccc3N[C@@H]2c2sccc2C)cc1. The molecule has 1 aromatic heterocycles. The van der Waals surface area contributed by atoms with E-state index in [1.54, 1.807) is 18.4 Å². The van der Waals surface area contributed by atoms with E-state index in [0.29, 0.717) is 5.56 Å². The fourth-order valence-corrected chi connectivity index (χ4v) is 4.08. The molecular formula is C20H18N2O2S. The molecule has 1 atom stereocenters. The van der Waals surface area contributed by atoms with Gasteiger partial charge in [0.25, 0.3) is 5.91 Å². The van der Waals surface area contributed by atoms with Crippen molar-refractivity contribution in [3.05, 3.63) is 76.0 Å². The maximum atomic E-state index is 13.2. The van der Waals surface area contributed by atoms with Crippen molar-refractivity contribution in [2.24, 2.45) is 0 Å². The van der Waals surface area contributed by atoms with Crippen LogP contribution in [-0.2, 0) is 0 Å². The van der Waals surface area contributed by atoms with E-state index >= 15 is 0 Å². The van der Waals surface area contributed by atoms with E-state index in [0.717, 1.165) is 22.0 Å². The molecule has 0 radical (unpaired) electrons. The maximum absolute atomic E-state index is 13.2. The lowest BCUT2D eigenvalue weighted by atomic mass is 10.0. The second-order valence-corrected chi connectivity index (χ2v) is 6.88. The predicted molar refractivity (Wildman–Crippen MR) is 102 cm³/mol. The molecule has 1 amide bonds. The van der Waals surface area contributed by atoms with Crippen molar-refractivity contribution in [3.63, 3.8) is 0 Å². The van der Waals surface area contributed by atoms with Gasteiger partial charge in [0.15, 0.2) is 0 Å². The Balaban J connectivity index is 1.84. The first-order valence-electron chi connectivity index (χ1n) is 8.06. The number of rotatable bonds is 3. The summed E-state index contributed by atoms with van der Waals surface area (Å²) in [5.74, 6) is 0.766. The maximum Gasteiger partial charge on any atom is 0.262 e. The monoisotopic (exact) mass is 350 g/mol. The van der Waals surface area contributed by atoms with Crippen LogP contribution in [0.4, 0.5) is 11.4 Å². The normalized spacial score (nSPS) is 16.3. The van der Waals surface area contributed by atoms with Gasteiger partial charge < -0.3 is 10.1 Å². The molecule has 4 nitrogen and oxygen atoms in total. The van der Waals surface area contributed by atoms with Crippen molar-refractivity contribution < 1.29 is 9.53 Å². The summed E-state index contributed by atoms with van der Waals surface area (Å²) in [6.45, 7) is 2.07. The van der Waals surface area contributed by atoms with E-state index in [9.17, 15) is 4.79 Å². The van der Waals surface area contributed by atoms with Crippen molar-refractivity contribution in [2.75, 3.05) is 17.3 Å². The summed E-state index contributed by atoms with van der Waals surface area (Å²) in [5, 5.41) is 5.59. The predicted octanol–water partition coefficient (Wildman–Crippen LogP) is 4.84. The summed E-state index contributed by atoms with van der Waals surface area (Å²) in [6, 6.07) is 17.3. The first-order chi connectivity index (χ1) is 12.2. The van der Waals surface area contributed by atoms with Gasteiger partial charge in [-0.05, 0) is 60.3 Å². The molecule has 1 aliphatic rings. The lowest BCUT2D eigenvalue weighted by Crippen LogP contribution is -2.43. The van der Waals surface area contributed by atoms with Gasteiger partial charge in [-0.3, -0.25) is 9.69 Å². The molecule has 2 aromatic carbocycles. The highest BCUT2D eigenvalue weighted by atomic mass is 32.1. The highest BCUT2D eigenvalue weighted by molar-refractivity contribution is 7.10. The minimum absolute atomic E-state index is 0.00248. The number of nitrogens with zero attached hydrogens (tertiary/aromatic N) is 1. The molecular weight excluding hydrogens is 332 g/mol. The Morgan fingerprint density at radius 1 is 1.08 bits per heavy atom.